The molecule has 0 aliphatic rings. The molecule has 0 spiro atoms. The number of aryl methyl sites for hydroxylation is 1. The molecule has 0 radical (unpaired) electrons. The fraction of sp³-hybridized carbons (Fsp3) is 0.407. The zero-order chi connectivity index (χ0) is 25.5. The Hall–Kier alpha value is -3.48. The molecule has 2 aromatic heterocycles. The third-order valence-electron chi connectivity index (χ3n) is 4.93. The first-order valence-electron chi connectivity index (χ1n) is 11.9. The molecule has 7 nitrogen and oxygen atoms in total. The largest absolute Gasteiger partial charge is 0.370 e. The van der Waals surface area contributed by atoms with Crippen molar-refractivity contribution in [1.29, 1.82) is 0 Å². The van der Waals surface area contributed by atoms with Crippen molar-refractivity contribution in [3.05, 3.63) is 65.7 Å². The molecular weight excluding hydrogens is 424 g/mol. The standard InChI is InChI=1S/C25H34N6O.C2H6/c1-7-9-11-18(3)21(6)22-15-23(31-24(30-22)19(4)17-29-31)27-13-10-14-28-25(32)20(5)16-26-12-8-2;1-2/h8-9,11-12,15-17,27H,5,7,10,13-14H2,1-4,6H3,(H,28,32);1-2H3/b11-9-,12-8-,21-18+,26-16?;. The molecule has 0 bridgehead atoms. The van der Waals surface area contributed by atoms with E-state index in [9.17, 15) is 4.79 Å². The fourth-order valence-electron chi connectivity index (χ4n) is 2.91. The number of allylic oxidation sites excluding steroid dienone is 5. The first kappa shape index (κ1) is 28.6. The van der Waals surface area contributed by atoms with E-state index >= 15 is 0 Å². The minimum absolute atomic E-state index is 0.217. The molecule has 0 saturated heterocycles. The molecule has 2 aromatic rings. The number of rotatable bonds is 11. The van der Waals surface area contributed by atoms with Gasteiger partial charge in [0.1, 0.15) is 5.82 Å². The van der Waals surface area contributed by atoms with Crippen molar-refractivity contribution in [2.45, 2.75) is 61.3 Å². The van der Waals surface area contributed by atoms with Gasteiger partial charge in [-0.3, -0.25) is 9.79 Å². The highest BCUT2D eigenvalue weighted by Crippen LogP contribution is 2.23. The maximum atomic E-state index is 12.0. The number of nitrogens with one attached hydrogen (secondary N) is 2. The predicted octanol–water partition coefficient (Wildman–Crippen LogP) is 5.90. The Labute approximate surface area is 204 Å². The first-order chi connectivity index (χ1) is 16.4. The summed E-state index contributed by atoms with van der Waals surface area (Å²) in [6.45, 7) is 19.1. The molecular formula is C27H40N6O. The van der Waals surface area contributed by atoms with E-state index in [1.54, 1.807) is 12.3 Å². The topological polar surface area (TPSA) is 83.7 Å². The number of hydrogen-bond donors (Lipinski definition) is 2. The summed E-state index contributed by atoms with van der Waals surface area (Å²) in [5, 5.41) is 10.8. The minimum Gasteiger partial charge on any atom is -0.370 e. The number of fused-ring (bicyclic) bond motifs is 1. The van der Waals surface area contributed by atoms with E-state index in [4.69, 9.17) is 4.98 Å². The Bertz CT molecular complexity index is 1070. The summed E-state index contributed by atoms with van der Waals surface area (Å²) in [6.07, 6.45) is 12.7. The van der Waals surface area contributed by atoms with E-state index in [-0.39, 0.29) is 5.91 Å². The number of carbonyl (C=O) groups excluding carboxylic acids is 1. The third kappa shape index (κ3) is 8.46. The van der Waals surface area contributed by atoms with E-state index in [1.165, 1.54) is 11.8 Å². The van der Waals surface area contributed by atoms with Crippen LogP contribution in [0, 0.1) is 6.92 Å². The molecule has 0 aromatic carbocycles. The molecule has 0 fully saturated rings. The summed E-state index contributed by atoms with van der Waals surface area (Å²) < 4.78 is 1.82. The Morgan fingerprint density at radius 3 is 2.68 bits per heavy atom. The number of carbonyl (C=O) groups is 1. The van der Waals surface area contributed by atoms with Crippen molar-refractivity contribution in [2.24, 2.45) is 4.99 Å². The molecule has 7 heteroatoms. The number of hydrogen-bond acceptors (Lipinski definition) is 5. The number of amides is 1. The molecule has 1 amide bonds. The van der Waals surface area contributed by atoms with Gasteiger partial charge in [0, 0.05) is 37.1 Å². The molecule has 0 atom stereocenters. The second kappa shape index (κ2) is 15.4. The van der Waals surface area contributed by atoms with E-state index < -0.39 is 0 Å². The molecule has 184 valence electrons. The highest BCUT2D eigenvalue weighted by Gasteiger charge is 2.11. The van der Waals surface area contributed by atoms with Crippen LogP contribution in [0.25, 0.3) is 11.2 Å². The summed E-state index contributed by atoms with van der Waals surface area (Å²) in [5.41, 5.74) is 5.43. The molecule has 0 unspecified atom stereocenters. The van der Waals surface area contributed by atoms with Crippen LogP contribution in [0.15, 0.2) is 59.4 Å². The van der Waals surface area contributed by atoms with Crippen LogP contribution in [0.3, 0.4) is 0 Å². The van der Waals surface area contributed by atoms with E-state index in [1.807, 2.05) is 44.5 Å². The molecule has 2 N–H and O–H groups in total. The second-order valence-electron chi connectivity index (χ2n) is 7.53. The Morgan fingerprint density at radius 1 is 1.26 bits per heavy atom. The van der Waals surface area contributed by atoms with E-state index in [2.05, 4.69) is 60.2 Å². The van der Waals surface area contributed by atoms with Gasteiger partial charge in [0.2, 0.25) is 0 Å². The minimum atomic E-state index is -0.217. The van der Waals surface area contributed by atoms with Crippen molar-refractivity contribution in [2.75, 3.05) is 18.4 Å². The Balaban J connectivity index is 0.00000281. The lowest BCUT2D eigenvalue weighted by atomic mass is 10.1. The average molecular weight is 465 g/mol. The molecule has 34 heavy (non-hydrogen) atoms. The van der Waals surface area contributed by atoms with Crippen LogP contribution in [0.4, 0.5) is 5.82 Å². The zero-order valence-electron chi connectivity index (χ0n) is 21.8. The van der Waals surface area contributed by atoms with Crippen LogP contribution >= 0.6 is 0 Å². The fourth-order valence-corrected chi connectivity index (χ4v) is 2.91. The molecule has 2 heterocycles. The normalized spacial score (nSPS) is 12.2. The van der Waals surface area contributed by atoms with E-state index in [0.29, 0.717) is 18.7 Å². The zero-order valence-corrected chi connectivity index (χ0v) is 21.8. The van der Waals surface area contributed by atoms with Crippen molar-refractivity contribution in [3.63, 3.8) is 0 Å². The van der Waals surface area contributed by atoms with Gasteiger partial charge in [0.05, 0.1) is 17.5 Å². The number of aromatic nitrogens is 3. The van der Waals surface area contributed by atoms with Crippen LogP contribution < -0.4 is 10.6 Å². The van der Waals surface area contributed by atoms with Gasteiger partial charge in [-0.1, -0.05) is 45.6 Å². The highest BCUT2D eigenvalue weighted by molar-refractivity contribution is 6.11. The van der Waals surface area contributed by atoms with Crippen LogP contribution in [0.5, 0.6) is 0 Å². The van der Waals surface area contributed by atoms with Crippen LogP contribution in [-0.2, 0) is 4.79 Å². The number of nitrogens with zero attached hydrogens (tertiary/aromatic N) is 4. The van der Waals surface area contributed by atoms with Crippen molar-refractivity contribution in [3.8, 4) is 0 Å². The molecule has 0 aliphatic carbocycles. The number of anilines is 1. The molecule has 2 rings (SSSR count). The second-order valence-corrected chi connectivity index (χ2v) is 7.53. The van der Waals surface area contributed by atoms with Crippen LogP contribution in [0.2, 0.25) is 0 Å². The van der Waals surface area contributed by atoms with Gasteiger partial charge in [-0.25, -0.2) is 4.98 Å². The van der Waals surface area contributed by atoms with Crippen molar-refractivity contribution < 1.29 is 4.79 Å². The summed E-state index contributed by atoms with van der Waals surface area (Å²) >= 11 is 0. The summed E-state index contributed by atoms with van der Waals surface area (Å²) in [4.78, 5) is 20.8. The van der Waals surface area contributed by atoms with Gasteiger partial charge >= 0.3 is 0 Å². The summed E-state index contributed by atoms with van der Waals surface area (Å²) in [6, 6.07) is 2.02. The van der Waals surface area contributed by atoms with Gasteiger partial charge in [-0.2, -0.15) is 9.61 Å². The SMILES string of the molecule is C=C(C=N/C=C\C)C(=O)NCCCNc1cc(/C(C)=C(C)/C=C\CC)nc2c(C)cnn12.CC. The third-order valence-corrected chi connectivity index (χ3v) is 4.93. The summed E-state index contributed by atoms with van der Waals surface area (Å²) in [7, 11) is 0. The van der Waals surface area contributed by atoms with Gasteiger partial charge in [-0.15, -0.1) is 0 Å². The van der Waals surface area contributed by atoms with Crippen LogP contribution in [-0.4, -0.2) is 39.8 Å². The first-order valence-corrected chi connectivity index (χ1v) is 11.9. The highest BCUT2D eigenvalue weighted by atomic mass is 16.1. The molecule has 0 saturated carbocycles. The predicted molar refractivity (Wildman–Crippen MR) is 145 cm³/mol. The van der Waals surface area contributed by atoms with Crippen molar-refractivity contribution in [1.82, 2.24) is 19.9 Å². The number of aliphatic imine (C=N–C) groups is 1. The maximum absolute atomic E-state index is 12.0. The van der Waals surface area contributed by atoms with Gasteiger partial charge in [0.25, 0.3) is 5.91 Å². The van der Waals surface area contributed by atoms with Gasteiger partial charge in [-0.05, 0) is 51.7 Å². The summed E-state index contributed by atoms with van der Waals surface area (Å²) in [5.74, 6) is 0.657. The monoisotopic (exact) mass is 464 g/mol. The lowest BCUT2D eigenvalue weighted by Crippen LogP contribution is -2.27. The molecule has 0 aliphatic heterocycles. The van der Waals surface area contributed by atoms with Gasteiger partial charge < -0.3 is 10.6 Å². The smallest absolute Gasteiger partial charge is 0.252 e. The lowest BCUT2D eigenvalue weighted by molar-refractivity contribution is -0.116. The quantitative estimate of drug-likeness (QED) is 0.188. The van der Waals surface area contributed by atoms with E-state index in [0.717, 1.165) is 41.1 Å². The lowest BCUT2D eigenvalue weighted by Gasteiger charge is -2.12. The average Bonchev–Trinajstić information content (AvgIpc) is 3.23. The Morgan fingerprint density at radius 2 is 2.00 bits per heavy atom. The van der Waals surface area contributed by atoms with Gasteiger partial charge in [0.15, 0.2) is 5.65 Å². The maximum Gasteiger partial charge on any atom is 0.252 e. The van der Waals surface area contributed by atoms with Crippen molar-refractivity contribution >= 4 is 29.2 Å². The van der Waals surface area contributed by atoms with Crippen LogP contribution in [0.1, 0.15) is 65.6 Å². The Kier molecular flexibility index (Phi) is 12.9.